The molecule has 0 aromatic heterocycles. The molecule has 6 rings (SSSR count). The third-order valence-electron chi connectivity index (χ3n) is 13.6. The van der Waals surface area contributed by atoms with Crippen molar-refractivity contribution in [3.05, 3.63) is 0 Å². The predicted molar refractivity (Wildman–Crippen MR) is 131 cm³/mol. The Labute approximate surface area is 214 Å². The van der Waals surface area contributed by atoms with E-state index in [9.17, 15) is 23.4 Å². The number of fused-ring (bicyclic) bond motifs is 4. The maximum atomic E-state index is 12.7. The molecule has 6 aliphatic rings. The zero-order valence-corrected chi connectivity index (χ0v) is 22.6. The Morgan fingerprint density at radius 3 is 2.31 bits per heavy atom. The van der Waals surface area contributed by atoms with Gasteiger partial charge in [0.15, 0.2) is 0 Å². The number of nitrogens with one attached hydrogen (secondary N) is 1. The number of rotatable bonds is 3. The molecule has 5 saturated carbocycles. The monoisotopic (exact) mass is 513 g/mol. The standard InChI is InChI=1S/C29H46F3NO3/c1-16-12-17(13-33-15-29(30,31)32)36-22-21(16)25(4)10-11-28-14-27(28)9-8-20(34)24(2,3)18(27)6-7-19(28)26(25,5)23(22)35/h16-23,33-35H,6-15H2,1-5H3/t16-,17?,18+,19?,20+,21+,22?,23+,25-,26-,27-,28+/m1/s1. The predicted octanol–water partition coefficient (Wildman–Crippen LogP) is 5.31. The van der Waals surface area contributed by atoms with Gasteiger partial charge in [-0.1, -0.05) is 34.6 Å². The van der Waals surface area contributed by atoms with Crippen LogP contribution >= 0.6 is 0 Å². The molecule has 4 nitrogen and oxygen atoms in total. The quantitative estimate of drug-likeness (QED) is 0.479. The number of hydrogen-bond donors (Lipinski definition) is 3. The Balaban J connectivity index is 1.28. The largest absolute Gasteiger partial charge is 0.401 e. The van der Waals surface area contributed by atoms with Crippen LogP contribution < -0.4 is 5.32 Å². The maximum Gasteiger partial charge on any atom is 0.401 e. The van der Waals surface area contributed by atoms with Gasteiger partial charge in [0.25, 0.3) is 0 Å². The molecule has 3 N–H and O–H groups in total. The molecule has 6 fully saturated rings. The van der Waals surface area contributed by atoms with E-state index in [-0.39, 0.29) is 52.4 Å². The summed E-state index contributed by atoms with van der Waals surface area (Å²) >= 11 is 0. The first-order chi connectivity index (χ1) is 16.6. The van der Waals surface area contributed by atoms with Gasteiger partial charge in [-0.05, 0) is 96.7 Å². The summed E-state index contributed by atoms with van der Waals surface area (Å²) in [6, 6.07) is 0. The van der Waals surface area contributed by atoms with E-state index < -0.39 is 18.8 Å². The van der Waals surface area contributed by atoms with E-state index in [1.165, 1.54) is 12.8 Å². The first kappa shape index (κ1) is 25.9. The van der Waals surface area contributed by atoms with Crippen molar-refractivity contribution in [2.45, 2.75) is 117 Å². The van der Waals surface area contributed by atoms with E-state index in [0.717, 1.165) is 38.5 Å². The van der Waals surface area contributed by atoms with Crippen LogP contribution in [0.1, 0.15) is 86.0 Å². The van der Waals surface area contributed by atoms with Gasteiger partial charge in [0.2, 0.25) is 0 Å². The highest BCUT2D eigenvalue weighted by molar-refractivity contribution is 5.32. The van der Waals surface area contributed by atoms with Crippen molar-refractivity contribution in [3.8, 4) is 0 Å². The summed E-state index contributed by atoms with van der Waals surface area (Å²) in [4.78, 5) is 0. The summed E-state index contributed by atoms with van der Waals surface area (Å²) in [5.74, 6) is 1.50. The van der Waals surface area contributed by atoms with Gasteiger partial charge < -0.3 is 20.3 Å². The van der Waals surface area contributed by atoms with Crippen molar-refractivity contribution in [3.63, 3.8) is 0 Å². The maximum absolute atomic E-state index is 12.7. The van der Waals surface area contributed by atoms with E-state index in [1.54, 1.807) is 0 Å². The zero-order chi connectivity index (χ0) is 26.1. The van der Waals surface area contributed by atoms with Crippen LogP contribution in [-0.2, 0) is 4.74 Å². The molecule has 0 amide bonds. The van der Waals surface area contributed by atoms with Gasteiger partial charge in [0, 0.05) is 12.0 Å². The molecule has 36 heavy (non-hydrogen) atoms. The molecule has 206 valence electrons. The van der Waals surface area contributed by atoms with Crippen LogP contribution in [0.4, 0.5) is 13.2 Å². The van der Waals surface area contributed by atoms with Gasteiger partial charge in [0.05, 0.1) is 31.0 Å². The topological polar surface area (TPSA) is 61.7 Å². The Hall–Kier alpha value is -0.370. The van der Waals surface area contributed by atoms with E-state index >= 15 is 0 Å². The first-order valence-corrected chi connectivity index (χ1v) is 14.4. The molecule has 0 bridgehead atoms. The second-order valence-electron chi connectivity index (χ2n) is 14.9. The van der Waals surface area contributed by atoms with Crippen molar-refractivity contribution in [2.24, 2.45) is 50.7 Å². The van der Waals surface area contributed by atoms with Crippen LogP contribution in [0.25, 0.3) is 0 Å². The van der Waals surface area contributed by atoms with Gasteiger partial charge in [-0.2, -0.15) is 13.2 Å². The van der Waals surface area contributed by atoms with E-state index in [0.29, 0.717) is 23.2 Å². The number of hydrogen-bond acceptors (Lipinski definition) is 4. The molecule has 2 spiro atoms. The van der Waals surface area contributed by atoms with E-state index in [2.05, 4.69) is 39.9 Å². The third-order valence-corrected chi connectivity index (χ3v) is 13.6. The van der Waals surface area contributed by atoms with Crippen molar-refractivity contribution in [2.75, 3.05) is 13.1 Å². The van der Waals surface area contributed by atoms with Gasteiger partial charge in [0.1, 0.15) is 0 Å². The molecule has 0 aromatic rings. The van der Waals surface area contributed by atoms with Crippen molar-refractivity contribution in [1.29, 1.82) is 0 Å². The number of alkyl halides is 3. The molecule has 3 unspecified atom stereocenters. The molecular formula is C29H46F3NO3. The van der Waals surface area contributed by atoms with Crippen molar-refractivity contribution >= 4 is 0 Å². The summed E-state index contributed by atoms with van der Waals surface area (Å²) in [6.07, 6.45) is 2.77. The lowest BCUT2D eigenvalue weighted by atomic mass is 9.41. The van der Waals surface area contributed by atoms with Crippen LogP contribution in [0.2, 0.25) is 0 Å². The van der Waals surface area contributed by atoms with Gasteiger partial charge >= 0.3 is 6.18 Å². The fourth-order valence-corrected chi connectivity index (χ4v) is 11.9. The Bertz CT molecular complexity index is 911. The Kier molecular flexibility index (Phi) is 5.49. The zero-order valence-electron chi connectivity index (χ0n) is 22.6. The minimum Gasteiger partial charge on any atom is -0.393 e. The van der Waals surface area contributed by atoms with Crippen molar-refractivity contribution in [1.82, 2.24) is 5.32 Å². The Morgan fingerprint density at radius 1 is 0.944 bits per heavy atom. The highest BCUT2D eigenvalue weighted by Gasteiger charge is 2.84. The minimum atomic E-state index is -4.23. The molecular weight excluding hydrogens is 467 g/mol. The fraction of sp³-hybridized carbons (Fsp3) is 1.00. The van der Waals surface area contributed by atoms with Crippen LogP contribution in [-0.4, -0.2) is 53.9 Å². The SMILES string of the molecule is C[C@@H]1CC(CNCC(F)(F)F)OC2[C@H]1[C@@]1(C)CC[C@@]34C[C@@]35CC[C@H](O)C(C)(C)[C@@H]5CCC4[C@]1(C)[C@H]2O. The highest BCUT2D eigenvalue weighted by atomic mass is 19.4. The number of halogens is 3. The van der Waals surface area contributed by atoms with Gasteiger partial charge in [-0.3, -0.25) is 0 Å². The fourth-order valence-electron chi connectivity index (χ4n) is 11.9. The van der Waals surface area contributed by atoms with Crippen molar-refractivity contribution < 1.29 is 28.1 Å². The summed E-state index contributed by atoms with van der Waals surface area (Å²) < 4.78 is 44.6. The van der Waals surface area contributed by atoms with E-state index in [4.69, 9.17) is 4.74 Å². The molecule has 5 aliphatic carbocycles. The molecule has 0 aromatic carbocycles. The number of ether oxygens (including phenoxy) is 1. The third kappa shape index (κ3) is 3.03. The molecule has 1 aliphatic heterocycles. The van der Waals surface area contributed by atoms with E-state index in [1.807, 2.05) is 0 Å². The average Bonchev–Trinajstić information content (AvgIpc) is 3.41. The Morgan fingerprint density at radius 2 is 1.61 bits per heavy atom. The van der Waals surface area contributed by atoms with Crippen LogP contribution in [0.3, 0.4) is 0 Å². The molecule has 1 saturated heterocycles. The second-order valence-corrected chi connectivity index (χ2v) is 14.9. The van der Waals surface area contributed by atoms with Crippen LogP contribution in [0, 0.1) is 50.7 Å². The minimum absolute atomic E-state index is 0.0445. The first-order valence-electron chi connectivity index (χ1n) is 14.4. The van der Waals surface area contributed by atoms with Gasteiger partial charge in [-0.25, -0.2) is 0 Å². The molecule has 7 heteroatoms. The summed E-state index contributed by atoms with van der Waals surface area (Å²) in [7, 11) is 0. The van der Waals surface area contributed by atoms with Crippen LogP contribution in [0.5, 0.6) is 0 Å². The normalized spacial score (nSPS) is 57.2. The summed E-state index contributed by atoms with van der Waals surface area (Å²) in [6.45, 7) is 10.7. The van der Waals surface area contributed by atoms with Crippen LogP contribution in [0.15, 0.2) is 0 Å². The lowest BCUT2D eigenvalue weighted by Crippen LogP contribution is -2.59. The lowest BCUT2D eigenvalue weighted by Gasteiger charge is -2.63. The molecule has 0 radical (unpaired) electrons. The second kappa shape index (κ2) is 7.63. The van der Waals surface area contributed by atoms with Gasteiger partial charge in [-0.15, -0.1) is 0 Å². The summed E-state index contributed by atoms with van der Waals surface area (Å²) in [5.41, 5.74) is 0.180. The lowest BCUT2D eigenvalue weighted by molar-refractivity contribution is -0.182. The summed E-state index contributed by atoms with van der Waals surface area (Å²) in [5, 5.41) is 25.5. The highest BCUT2D eigenvalue weighted by Crippen LogP contribution is 2.89. The smallest absolute Gasteiger partial charge is 0.393 e. The number of aliphatic hydroxyl groups excluding tert-OH is 2. The number of aliphatic hydroxyl groups is 2. The molecule has 1 heterocycles. The average molecular weight is 514 g/mol. The molecule has 12 atom stereocenters.